The lowest BCUT2D eigenvalue weighted by Gasteiger charge is -2.07. The third-order valence-electron chi connectivity index (χ3n) is 2.45. The van der Waals surface area contributed by atoms with Crippen molar-refractivity contribution in [1.82, 2.24) is 0 Å². The van der Waals surface area contributed by atoms with Crippen LogP contribution < -0.4 is 0 Å². The summed E-state index contributed by atoms with van der Waals surface area (Å²) < 4.78 is 0. The minimum absolute atomic E-state index is 0.122. The molecule has 0 bridgehead atoms. The summed E-state index contributed by atoms with van der Waals surface area (Å²) in [5.74, 6) is 0.449. The first kappa shape index (κ1) is 14.2. The van der Waals surface area contributed by atoms with Crippen LogP contribution in [0.4, 0.5) is 0 Å². The smallest absolute Gasteiger partial charge is 0.0850 e. The second-order valence-corrected chi connectivity index (χ2v) is 3.74. The van der Waals surface area contributed by atoms with Crippen molar-refractivity contribution in [2.24, 2.45) is 5.92 Å². The first-order chi connectivity index (χ1) is 7.35. The van der Waals surface area contributed by atoms with E-state index in [1.807, 2.05) is 36.4 Å². The van der Waals surface area contributed by atoms with Crippen molar-refractivity contribution in [3.63, 3.8) is 0 Å². The molecule has 1 rings (SSSR count). The molecule has 1 unspecified atom stereocenters. The molecule has 1 heteroatoms. The highest BCUT2D eigenvalue weighted by molar-refractivity contribution is 4.99. The molecule has 0 N–H and O–H groups in total. The lowest BCUT2D eigenvalue weighted by molar-refractivity contribution is 0.135. The highest BCUT2D eigenvalue weighted by Gasteiger charge is 2.02. The summed E-state index contributed by atoms with van der Waals surface area (Å²) in [6.45, 7) is 4.38. The van der Waals surface area contributed by atoms with E-state index in [1.54, 1.807) is 0 Å². The molecule has 0 aliphatic carbocycles. The number of benzene rings is 1. The largest absolute Gasteiger partial charge is 0.236 e. The topological polar surface area (TPSA) is 19.9 Å². The molecule has 0 fully saturated rings. The highest BCUT2D eigenvalue weighted by atomic mass is 16.3. The molecule has 0 aromatic heterocycles. The summed E-state index contributed by atoms with van der Waals surface area (Å²) in [6, 6.07) is 12.0. The van der Waals surface area contributed by atoms with Gasteiger partial charge in [0.15, 0.2) is 0 Å². The molecule has 0 saturated carbocycles. The van der Waals surface area contributed by atoms with Gasteiger partial charge in [0.05, 0.1) is 6.61 Å². The molecular formula is C14H23O. The fraction of sp³-hybridized carbons (Fsp3) is 0.571. The number of hydrogen-bond donors (Lipinski definition) is 0. The van der Waals surface area contributed by atoms with Gasteiger partial charge in [0.2, 0.25) is 0 Å². The minimum Gasteiger partial charge on any atom is -0.236 e. The Morgan fingerprint density at radius 3 is 1.67 bits per heavy atom. The molecule has 1 nitrogen and oxygen atoms in total. The Labute approximate surface area is 94.2 Å². The molecular weight excluding hydrogens is 184 g/mol. The van der Waals surface area contributed by atoms with Gasteiger partial charge in [-0.3, -0.25) is 0 Å². The van der Waals surface area contributed by atoms with E-state index >= 15 is 0 Å². The maximum absolute atomic E-state index is 10.4. The molecule has 85 valence electrons. The fourth-order valence-corrected chi connectivity index (χ4v) is 1.28. The number of unbranched alkanes of at least 4 members (excludes halogenated alkanes) is 1. The van der Waals surface area contributed by atoms with Gasteiger partial charge in [0, 0.05) is 0 Å². The zero-order valence-electron chi connectivity index (χ0n) is 9.99. The Balaban J connectivity index is 0.000000280. The Morgan fingerprint density at radius 1 is 0.933 bits per heavy atom. The van der Waals surface area contributed by atoms with Crippen LogP contribution in [0.15, 0.2) is 36.4 Å². The summed E-state index contributed by atoms with van der Waals surface area (Å²) in [5.41, 5.74) is 0. The van der Waals surface area contributed by atoms with Crippen molar-refractivity contribution >= 4 is 0 Å². The molecule has 0 aliphatic rings. The van der Waals surface area contributed by atoms with Crippen molar-refractivity contribution in [2.75, 3.05) is 6.61 Å². The SMILES string of the molecule is CCCCC(CC)C[O].c1ccccc1. The van der Waals surface area contributed by atoms with E-state index in [0.29, 0.717) is 5.92 Å². The molecule has 1 aromatic carbocycles. The monoisotopic (exact) mass is 207 g/mol. The van der Waals surface area contributed by atoms with E-state index < -0.39 is 0 Å². The van der Waals surface area contributed by atoms with Crippen molar-refractivity contribution in [3.05, 3.63) is 36.4 Å². The summed E-state index contributed by atoms with van der Waals surface area (Å²) in [5, 5.41) is 10.4. The summed E-state index contributed by atoms with van der Waals surface area (Å²) >= 11 is 0. The Morgan fingerprint density at radius 2 is 1.40 bits per heavy atom. The molecule has 0 amide bonds. The van der Waals surface area contributed by atoms with Crippen LogP contribution in [0.25, 0.3) is 0 Å². The van der Waals surface area contributed by atoms with Crippen LogP contribution in [0.5, 0.6) is 0 Å². The zero-order valence-corrected chi connectivity index (χ0v) is 9.99. The predicted octanol–water partition coefficient (Wildman–Crippen LogP) is 4.32. The first-order valence-electron chi connectivity index (χ1n) is 5.93. The second kappa shape index (κ2) is 11.3. The van der Waals surface area contributed by atoms with Gasteiger partial charge < -0.3 is 0 Å². The molecule has 0 heterocycles. The van der Waals surface area contributed by atoms with E-state index in [2.05, 4.69) is 13.8 Å². The first-order valence-corrected chi connectivity index (χ1v) is 5.93. The van der Waals surface area contributed by atoms with Crippen molar-refractivity contribution in [2.45, 2.75) is 39.5 Å². The van der Waals surface area contributed by atoms with Gasteiger partial charge >= 0.3 is 0 Å². The molecule has 1 aromatic rings. The lowest BCUT2D eigenvalue weighted by atomic mass is 10.0. The highest BCUT2D eigenvalue weighted by Crippen LogP contribution is 2.10. The van der Waals surface area contributed by atoms with Gasteiger partial charge in [-0.15, -0.1) is 0 Å². The standard InChI is InChI=1S/C8H17O.C6H6/c1-3-5-6-8(4-2)7-9;1-2-4-6-5-3-1/h8H,3-7H2,1-2H3;1-6H. The van der Waals surface area contributed by atoms with Crippen molar-refractivity contribution in [1.29, 1.82) is 0 Å². The van der Waals surface area contributed by atoms with E-state index in [0.717, 1.165) is 12.8 Å². The average molecular weight is 207 g/mol. The van der Waals surface area contributed by atoms with E-state index in [4.69, 9.17) is 0 Å². The van der Waals surface area contributed by atoms with Gasteiger partial charge in [0.25, 0.3) is 0 Å². The maximum Gasteiger partial charge on any atom is 0.0850 e. The summed E-state index contributed by atoms with van der Waals surface area (Å²) in [4.78, 5) is 0. The van der Waals surface area contributed by atoms with E-state index in [1.165, 1.54) is 12.8 Å². The van der Waals surface area contributed by atoms with Crippen LogP contribution in [-0.4, -0.2) is 6.61 Å². The van der Waals surface area contributed by atoms with Gasteiger partial charge in [-0.05, 0) is 12.3 Å². The Hall–Kier alpha value is -0.820. The van der Waals surface area contributed by atoms with Crippen LogP contribution >= 0.6 is 0 Å². The van der Waals surface area contributed by atoms with Crippen LogP contribution in [0.2, 0.25) is 0 Å². The quantitative estimate of drug-likeness (QED) is 0.685. The third kappa shape index (κ3) is 9.48. The fourth-order valence-electron chi connectivity index (χ4n) is 1.28. The van der Waals surface area contributed by atoms with E-state index in [-0.39, 0.29) is 6.61 Å². The lowest BCUT2D eigenvalue weighted by Crippen LogP contribution is -2.02. The Kier molecular flexibility index (Phi) is 10.6. The van der Waals surface area contributed by atoms with Crippen LogP contribution in [0.1, 0.15) is 39.5 Å². The number of hydrogen-bond acceptors (Lipinski definition) is 0. The average Bonchev–Trinajstić information content (AvgIpc) is 2.34. The molecule has 1 radical (unpaired) electrons. The van der Waals surface area contributed by atoms with Crippen LogP contribution in [0, 0.1) is 5.92 Å². The summed E-state index contributed by atoms with van der Waals surface area (Å²) in [6.07, 6.45) is 4.64. The van der Waals surface area contributed by atoms with Gasteiger partial charge in [-0.1, -0.05) is 69.5 Å². The molecule has 0 aliphatic heterocycles. The summed E-state index contributed by atoms with van der Waals surface area (Å²) in [7, 11) is 0. The zero-order chi connectivity index (χ0) is 11.4. The van der Waals surface area contributed by atoms with Crippen molar-refractivity contribution < 1.29 is 5.11 Å². The normalized spacial score (nSPS) is 11.4. The van der Waals surface area contributed by atoms with Gasteiger partial charge in [-0.2, -0.15) is 0 Å². The van der Waals surface area contributed by atoms with Crippen LogP contribution in [0.3, 0.4) is 0 Å². The van der Waals surface area contributed by atoms with Crippen molar-refractivity contribution in [3.8, 4) is 0 Å². The van der Waals surface area contributed by atoms with Gasteiger partial charge in [0.1, 0.15) is 0 Å². The molecule has 15 heavy (non-hydrogen) atoms. The van der Waals surface area contributed by atoms with E-state index in [9.17, 15) is 5.11 Å². The predicted molar refractivity (Wildman–Crippen MR) is 65.3 cm³/mol. The maximum atomic E-state index is 10.4. The van der Waals surface area contributed by atoms with Gasteiger partial charge in [-0.25, -0.2) is 5.11 Å². The third-order valence-corrected chi connectivity index (χ3v) is 2.45. The molecule has 0 spiro atoms. The Bertz CT molecular complexity index is 165. The number of rotatable bonds is 5. The minimum atomic E-state index is 0.122. The van der Waals surface area contributed by atoms with Crippen LogP contribution in [-0.2, 0) is 5.11 Å². The second-order valence-electron chi connectivity index (χ2n) is 3.74. The molecule has 0 saturated heterocycles. The molecule has 1 atom stereocenters.